The molecule has 5 heteroatoms. The smallest absolute Gasteiger partial charge is 0.233 e. The third-order valence-corrected chi connectivity index (χ3v) is 4.24. The maximum atomic E-state index is 12.2. The monoisotopic (exact) mass is 368 g/mol. The highest BCUT2D eigenvalue weighted by Gasteiger charge is 2.19. The van der Waals surface area contributed by atoms with Crippen LogP contribution in [0.3, 0.4) is 0 Å². The molecular weight excluding hydrogens is 340 g/mol. The number of para-hydroxylation sites is 2. The van der Waals surface area contributed by atoms with Gasteiger partial charge < -0.3 is 15.4 Å². The van der Waals surface area contributed by atoms with Crippen molar-refractivity contribution < 1.29 is 14.3 Å². The first-order chi connectivity index (χ1) is 12.8. The van der Waals surface area contributed by atoms with E-state index in [-0.39, 0.29) is 23.7 Å². The number of carbonyl (C=O) groups is 2. The van der Waals surface area contributed by atoms with Crippen LogP contribution in [0.1, 0.15) is 38.3 Å². The highest BCUT2D eigenvalue weighted by Crippen LogP contribution is 2.29. The van der Waals surface area contributed by atoms with Crippen LogP contribution in [-0.4, -0.2) is 25.5 Å². The van der Waals surface area contributed by atoms with Crippen molar-refractivity contribution in [3.63, 3.8) is 0 Å². The van der Waals surface area contributed by atoms with Crippen LogP contribution >= 0.6 is 0 Å². The lowest BCUT2D eigenvalue weighted by Gasteiger charge is -2.23. The molecule has 27 heavy (non-hydrogen) atoms. The fourth-order valence-electron chi connectivity index (χ4n) is 2.89. The van der Waals surface area contributed by atoms with Gasteiger partial charge in [0.1, 0.15) is 12.2 Å². The molecule has 2 N–H and O–H groups in total. The maximum absolute atomic E-state index is 12.2. The normalized spacial score (nSPS) is 11.0. The maximum Gasteiger partial charge on any atom is 0.233 e. The van der Waals surface area contributed by atoms with E-state index >= 15 is 0 Å². The van der Waals surface area contributed by atoms with Gasteiger partial charge in [0.15, 0.2) is 0 Å². The summed E-state index contributed by atoms with van der Waals surface area (Å²) in [5.74, 6) is 0.181. The summed E-state index contributed by atoms with van der Waals surface area (Å²) in [6.45, 7) is 6.71. The molecule has 0 aromatic heterocycles. The molecule has 0 spiro atoms. The summed E-state index contributed by atoms with van der Waals surface area (Å²) in [5, 5.41) is 5.64. The average molecular weight is 368 g/mol. The van der Waals surface area contributed by atoms with Crippen LogP contribution in [0.25, 0.3) is 0 Å². The predicted molar refractivity (Wildman–Crippen MR) is 108 cm³/mol. The Balaban J connectivity index is 1.85. The quantitative estimate of drug-likeness (QED) is 0.733. The van der Waals surface area contributed by atoms with Crippen LogP contribution < -0.4 is 15.4 Å². The Hall–Kier alpha value is -2.82. The minimum absolute atomic E-state index is 0.0964. The molecule has 0 bridgehead atoms. The molecule has 2 rings (SSSR count). The molecule has 0 aliphatic carbocycles. The summed E-state index contributed by atoms with van der Waals surface area (Å²) in [7, 11) is 1.62. The van der Waals surface area contributed by atoms with Crippen molar-refractivity contribution in [3.05, 3.63) is 59.7 Å². The van der Waals surface area contributed by atoms with Crippen LogP contribution in [-0.2, 0) is 21.4 Å². The summed E-state index contributed by atoms with van der Waals surface area (Å²) < 4.78 is 5.30. The minimum Gasteiger partial charge on any atom is -0.496 e. The zero-order valence-electron chi connectivity index (χ0n) is 16.5. The number of ether oxygens (including phenoxy) is 1. The second-order valence-electron chi connectivity index (χ2n) is 7.43. The molecule has 144 valence electrons. The first-order valence-corrected chi connectivity index (χ1v) is 9.09. The molecule has 0 aliphatic heterocycles. The highest BCUT2D eigenvalue weighted by molar-refractivity contribution is 6.03. The van der Waals surface area contributed by atoms with Crippen LogP contribution in [0.4, 0.5) is 5.69 Å². The van der Waals surface area contributed by atoms with E-state index < -0.39 is 0 Å². The first kappa shape index (κ1) is 20.5. The zero-order chi connectivity index (χ0) is 19.9. The molecule has 0 unspecified atom stereocenters. The Kier molecular flexibility index (Phi) is 6.99. The van der Waals surface area contributed by atoms with Gasteiger partial charge in [-0.15, -0.1) is 0 Å². The summed E-state index contributed by atoms with van der Waals surface area (Å²) in [6, 6.07) is 15.3. The molecule has 0 saturated carbocycles. The van der Waals surface area contributed by atoms with Crippen molar-refractivity contribution in [2.24, 2.45) is 0 Å². The second kappa shape index (κ2) is 9.21. The second-order valence-corrected chi connectivity index (χ2v) is 7.43. The third kappa shape index (κ3) is 6.13. The van der Waals surface area contributed by atoms with Crippen LogP contribution in [0, 0.1) is 0 Å². The number of anilines is 1. The molecule has 0 fully saturated rings. The fourth-order valence-corrected chi connectivity index (χ4v) is 2.89. The van der Waals surface area contributed by atoms with Crippen molar-refractivity contribution in [1.82, 2.24) is 5.32 Å². The van der Waals surface area contributed by atoms with Gasteiger partial charge in [-0.1, -0.05) is 57.2 Å². The molecule has 0 aliphatic rings. The van der Waals surface area contributed by atoms with Crippen molar-refractivity contribution >= 4 is 17.5 Å². The van der Waals surface area contributed by atoms with Gasteiger partial charge in [-0.2, -0.15) is 0 Å². The predicted octanol–water partition coefficient (Wildman–Crippen LogP) is 3.68. The molecule has 0 heterocycles. The van der Waals surface area contributed by atoms with E-state index in [4.69, 9.17) is 4.74 Å². The van der Waals surface area contributed by atoms with Crippen molar-refractivity contribution in [2.75, 3.05) is 19.0 Å². The largest absolute Gasteiger partial charge is 0.496 e. The number of hydrogen-bond acceptors (Lipinski definition) is 3. The molecule has 0 saturated heterocycles. The zero-order valence-corrected chi connectivity index (χ0v) is 16.5. The molecule has 2 aromatic carbocycles. The van der Waals surface area contributed by atoms with Crippen LogP contribution in [0.5, 0.6) is 5.75 Å². The Morgan fingerprint density at radius 2 is 1.63 bits per heavy atom. The summed E-state index contributed by atoms with van der Waals surface area (Å²) in [4.78, 5) is 24.3. The van der Waals surface area contributed by atoms with E-state index in [0.29, 0.717) is 13.0 Å². The van der Waals surface area contributed by atoms with Gasteiger partial charge in [-0.3, -0.25) is 9.59 Å². The van der Waals surface area contributed by atoms with E-state index in [9.17, 15) is 9.59 Å². The lowest BCUT2D eigenvalue weighted by molar-refractivity contribution is -0.126. The molecule has 0 radical (unpaired) electrons. The SMILES string of the molecule is COc1ccccc1CCNC(=O)CC(=O)Nc1ccccc1C(C)(C)C. The number of benzene rings is 2. The summed E-state index contributed by atoms with van der Waals surface area (Å²) in [6.07, 6.45) is 0.439. The molecule has 0 atom stereocenters. The van der Waals surface area contributed by atoms with Gasteiger partial charge >= 0.3 is 0 Å². The van der Waals surface area contributed by atoms with E-state index in [2.05, 4.69) is 31.4 Å². The van der Waals surface area contributed by atoms with Gasteiger partial charge in [0.2, 0.25) is 11.8 Å². The van der Waals surface area contributed by atoms with E-state index in [1.165, 1.54) is 0 Å². The standard InChI is InChI=1S/C22H28N2O3/c1-22(2,3)17-10-6-7-11-18(17)24-21(26)15-20(25)23-14-13-16-9-5-8-12-19(16)27-4/h5-12H,13-15H2,1-4H3,(H,23,25)(H,24,26). The number of methoxy groups -OCH3 is 1. The van der Waals surface area contributed by atoms with Crippen molar-refractivity contribution in [1.29, 1.82) is 0 Å². The summed E-state index contributed by atoms with van der Waals surface area (Å²) in [5.41, 5.74) is 2.71. The Morgan fingerprint density at radius 3 is 2.33 bits per heavy atom. The first-order valence-electron chi connectivity index (χ1n) is 9.09. The number of carbonyl (C=O) groups excluding carboxylic acids is 2. The Labute approximate surface area is 161 Å². The van der Waals surface area contributed by atoms with Crippen LogP contribution in [0.15, 0.2) is 48.5 Å². The lowest BCUT2D eigenvalue weighted by atomic mass is 9.86. The van der Waals surface area contributed by atoms with Gasteiger partial charge in [-0.05, 0) is 35.1 Å². The number of hydrogen-bond donors (Lipinski definition) is 2. The van der Waals surface area contributed by atoms with Gasteiger partial charge in [0, 0.05) is 12.2 Å². The van der Waals surface area contributed by atoms with Gasteiger partial charge in [-0.25, -0.2) is 0 Å². The molecule has 2 amide bonds. The van der Waals surface area contributed by atoms with E-state index in [1.54, 1.807) is 7.11 Å². The summed E-state index contributed by atoms with van der Waals surface area (Å²) >= 11 is 0. The number of rotatable bonds is 7. The average Bonchev–Trinajstić information content (AvgIpc) is 2.61. The highest BCUT2D eigenvalue weighted by atomic mass is 16.5. The molecule has 5 nitrogen and oxygen atoms in total. The number of amides is 2. The Bertz CT molecular complexity index is 794. The Morgan fingerprint density at radius 1 is 0.963 bits per heavy atom. The van der Waals surface area contributed by atoms with Gasteiger partial charge in [0.05, 0.1) is 7.11 Å². The van der Waals surface area contributed by atoms with Gasteiger partial charge in [0.25, 0.3) is 0 Å². The minimum atomic E-state index is -0.318. The van der Waals surface area contributed by atoms with Crippen LogP contribution in [0.2, 0.25) is 0 Å². The topological polar surface area (TPSA) is 67.4 Å². The molecule has 2 aromatic rings. The van der Waals surface area contributed by atoms with E-state index in [1.807, 2.05) is 48.5 Å². The van der Waals surface area contributed by atoms with E-state index in [0.717, 1.165) is 22.6 Å². The lowest BCUT2D eigenvalue weighted by Crippen LogP contribution is -2.30. The van der Waals surface area contributed by atoms with Crippen molar-refractivity contribution in [3.8, 4) is 5.75 Å². The fraction of sp³-hybridized carbons (Fsp3) is 0.364. The van der Waals surface area contributed by atoms with Crippen molar-refractivity contribution in [2.45, 2.75) is 39.0 Å². The number of nitrogens with one attached hydrogen (secondary N) is 2. The third-order valence-electron chi connectivity index (χ3n) is 4.24. The molecular formula is C22H28N2O3.